The Morgan fingerprint density at radius 1 is 1.21 bits per heavy atom. The first-order chi connectivity index (χ1) is 13.5. The largest absolute Gasteiger partial charge is 0.370 e. The van der Waals surface area contributed by atoms with Crippen LogP contribution in [-0.2, 0) is 17.8 Å². The summed E-state index contributed by atoms with van der Waals surface area (Å²) in [6.07, 6.45) is 3.16. The highest BCUT2D eigenvalue weighted by Gasteiger charge is 2.31. The lowest BCUT2D eigenvalue weighted by atomic mass is 9.94. The lowest BCUT2D eigenvalue weighted by Gasteiger charge is -2.30. The summed E-state index contributed by atoms with van der Waals surface area (Å²) >= 11 is 3.53. The van der Waals surface area contributed by atoms with Gasteiger partial charge in [-0.05, 0) is 51.9 Å². The van der Waals surface area contributed by atoms with Crippen LogP contribution in [0.15, 0.2) is 5.16 Å². The highest BCUT2D eigenvalue weighted by atomic mass is 32.2. The first-order valence-electron chi connectivity index (χ1n) is 10.5. The molecule has 0 saturated carbocycles. The lowest BCUT2D eigenvalue weighted by molar-refractivity contribution is -0.0379. The van der Waals surface area contributed by atoms with Crippen LogP contribution in [0.1, 0.15) is 57.9 Å². The van der Waals surface area contributed by atoms with E-state index in [0.29, 0.717) is 6.61 Å². The number of nitrogens with one attached hydrogen (secondary N) is 1. The summed E-state index contributed by atoms with van der Waals surface area (Å²) in [6.45, 7) is 15.9. The number of rotatable bonds is 10. The van der Waals surface area contributed by atoms with Crippen molar-refractivity contribution in [3.05, 3.63) is 10.4 Å². The molecule has 0 aromatic carbocycles. The topological polar surface area (TPSA) is 50.3 Å². The van der Waals surface area contributed by atoms with Crippen LogP contribution in [-0.4, -0.2) is 52.4 Å². The first-order valence-corrected chi connectivity index (χ1v) is 12.3. The minimum absolute atomic E-state index is 0.128. The van der Waals surface area contributed by atoms with Crippen LogP contribution in [0.3, 0.4) is 0 Å². The summed E-state index contributed by atoms with van der Waals surface area (Å²) in [7, 11) is 0. The summed E-state index contributed by atoms with van der Waals surface area (Å²) in [5.74, 6) is 2.06. The van der Waals surface area contributed by atoms with E-state index in [1.807, 2.05) is 0 Å². The number of thiophene rings is 1. The number of hydrogen-bond acceptors (Lipinski definition) is 7. The van der Waals surface area contributed by atoms with E-state index in [1.165, 1.54) is 15.8 Å². The van der Waals surface area contributed by atoms with Crippen LogP contribution in [0.2, 0.25) is 0 Å². The Labute approximate surface area is 177 Å². The molecule has 0 atom stereocenters. The molecule has 0 aliphatic carbocycles. The van der Waals surface area contributed by atoms with Crippen molar-refractivity contribution in [2.45, 2.75) is 71.2 Å². The van der Waals surface area contributed by atoms with Crippen LogP contribution < -0.4 is 5.32 Å². The molecule has 0 amide bonds. The molecule has 0 bridgehead atoms. The molecule has 2 aromatic heterocycles. The van der Waals surface area contributed by atoms with E-state index in [-0.39, 0.29) is 5.60 Å². The van der Waals surface area contributed by atoms with Crippen molar-refractivity contribution in [1.29, 1.82) is 0 Å². The Balaban J connectivity index is 1.85. The quantitative estimate of drug-likeness (QED) is 0.323. The van der Waals surface area contributed by atoms with E-state index in [1.54, 1.807) is 23.1 Å². The molecule has 3 heterocycles. The summed E-state index contributed by atoms with van der Waals surface area (Å²) in [5, 5.41) is 5.76. The smallest absolute Gasteiger partial charge is 0.190 e. The normalized spacial score (nSPS) is 15.9. The van der Waals surface area contributed by atoms with Gasteiger partial charge in [-0.2, -0.15) is 0 Å². The molecule has 5 nitrogen and oxygen atoms in total. The fourth-order valence-corrected chi connectivity index (χ4v) is 5.42. The monoisotopic (exact) mass is 422 g/mol. The van der Waals surface area contributed by atoms with E-state index >= 15 is 0 Å². The van der Waals surface area contributed by atoms with Crippen LogP contribution in [0.4, 0.5) is 5.82 Å². The predicted octanol–water partition coefficient (Wildman–Crippen LogP) is 5.19. The molecule has 7 heteroatoms. The minimum Gasteiger partial charge on any atom is -0.370 e. The molecule has 1 aliphatic heterocycles. The lowest BCUT2D eigenvalue weighted by Crippen LogP contribution is -2.31. The fraction of sp³-hybridized carbons (Fsp3) is 0.714. The molecular weight excluding hydrogens is 388 g/mol. The van der Waals surface area contributed by atoms with Crippen molar-refractivity contribution >= 4 is 39.1 Å². The Bertz CT molecular complexity index is 786. The molecule has 0 fully saturated rings. The number of nitrogens with zero attached hydrogens (tertiary/aromatic N) is 3. The van der Waals surface area contributed by atoms with Crippen molar-refractivity contribution in [1.82, 2.24) is 14.9 Å². The second-order valence-electron chi connectivity index (χ2n) is 7.92. The third-order valence-corrected chi connectivity index (χ3v) is 7.34. The second kappa shape index (κ2) is 9.74. The summed E-state index contributed by atoms with van der Waals surface area (Å²) in [4.78, 5) is 14.7. The number of hydrogen-bond donors (Lipinski definition) is 1. The van der Waals surface area contributed by atoms with E-state index in [0.717, 1.165) is 67.0 Å². The molecule has 2 aromatic rings. The average Bonchev–Trinajstić information content (AvgIpc) is 3.03. The number of thioether (sulfide) groups is 1. The van der Waals surface area contributed by atoms with Crippen molar-refractivity contribution in [2.24, 2.45) is 0 Å². The molecule has 0 radical (unpaired) electrons. The standard InChI is InChI=1S/C21H34N4OS2/c1-6-12-27-20-23-18(22-10-9-11-25(7-2)8-3)17-15-13-21(4,5)26-14-16(15)28-19(17)24-20/h6-14H2,1-5H3,(H,22,23,24). The second-order valence-corrected chi connectivity index (χ2v) is 10.1. The van der Waals surface area contributed by atoms with Gasteiger partial charge in [0.1, 0.15) is 10.6 Å². The molecule has 3 rings (SSSR count). The van der Waals surface area contributed by atoms with Crippen LogP contribution in [0.25, 0.3) is 10.2 Å². The Kier molecular flexibility index (Phi) is 7.59. The number of ether oxygens (including phenoxy) is 1. The summed E-state index contributed by atoms with van der Waals surface area (Å²) in [6, 6.07) is 0. The Morgan fingerprint density at radius 2 is 2.00 bits per heavy atom. The van der Waals surface area contributed by atoms with E-state index in [4.69, 9.17) is 14.7 Å². The number of anilines is 1. The van der Waals surface area contributed by atoms with Gasteiger partial charge in [0.25, 0.3) is 0 Å². The Hall–Kier alpha value is -0.890. The maximum atomic E-state index is 6.04. The zero-order valence-corrected chi connectivity index (χ0v) is 19.6. The predicted molar refractivity (Wildman–Crippen MR) is 122 cm³/mol. The van der Waals surface area contributed by atoms with Gasteiger partial charge in [0.15, 0.2) is 5.16 Å². The summed E-state index contributed by atoms with van der Waals surface area (Å²) in [5.41, 5.74) is 1.26. The van der Waals surface area contributed by atoms with Gasteiger partial charge >= 0.3 is 0 Å². The van der Waals surface area contributed by atoms with E-state index in [2.05, 4.69) is 44.8 Å². The molecule has 0 spiro atoms. The van der Waals surface area contributed by atoms with Gasteiger partial charge in [-0.3, -0.25) is 0 Å². The first kappa shape index (κ1) is 21.8. The molecule has 0 unspecified atom stereocenters. The number of fused-ring (bicyclic) bond motifs is 3. The molecule has 1 aliphatic rings. The molecule has 0 saturated heterocycles. The zero-order chi connectivity index (χ0) is 20.1. The Morgan fingerprint density at radius 3 is 2.71 bits per heavy atom. The molecule has 1 N–H and O–H groups in total. The van der Waals surface area contributed by atoms with Gasteiger partial charge in [-0.15, -0.1) is 11.3 Å². The number of aromatic nitrogens is 2. The SMILES string of the molecule is CCCSc1nc(NCCCN(CC)CC)c2c3c(sc2n1)COC(C)(C)C3. The van der Waals surface area contributed by atoms with E-state index in [9.17, 15) is 0 Å². The molecular formula is C21H34N4OS2. The van der Waals surface area contributed by atoms with Gasteiger partial charge in [0, 0.05) is 23.6 Å². The van der Waals surface area contributed by atoms with E-state index < -0.39 is 0 Å². The van der Waals surface area contributed by atoms with Gasteiger partial charge in [-0.25, -0.2) is 9.97 Å². The van der Waals surface area contributed by atoms with Crippen LogP contribution in [0.5, 0.6) is 0 Å². The zero-order valence-electron chi connectivity index (χ0n) is 17.9. The van der Waals surface area contributed by atoms with Gasteiger partial charge in [0.2, 0.25) is 0 Å². The highest BCUT2D eigenvalue weighted by Crippen LogP contribution is 2.41. The average molecular weight is 423 g/mol. The molecule has 156 valence electrons. The molecule has 28 heavy (non-hydrogen) atoms. The highest BCUT2D eigenvalue weighted by molar-refractivity contribution is 7.99. The van der Waals surface area contributed by atoms with Gasteiger partial charge < -0.3 is 15.0 Å². The van der Waals surface area contributed by atoms with Crippen molar-refractivity contribution < 1.29 is 4.74 Å². The summed E-state index contributed by atoms with van der Waals surface area (Å²) < 4.78 is 6.04. The maximum absolute atomic E-state index is 6.04. The van der Waals surface area contributed by atoms with Crippen molar-refractivity contribution in [3.8, 4) is 0 Å². The minimum atomic E-state index is -0.128. The maximum Gasteiger partial charge on any atom is 0.190 e. The van der Waals surface area contributed by atoms with Crippen LogP contribution in [0, 0.1) is 0 Å². The van der Waals surface area contributed by atoms with Gasteiger partial charge in [0.05, 0.1) is 17.6 Å². The fourth-order valence-electron chi connectivity index (χ4n) is 3.56. The van der Waals surface area contributed by atoms with Crippen molar-refractivity contribution in [2.75, 3.05) is 37.2 Å². The van der Waals surface area contributed by atoms with Gasteiger partial charge in [-0.1, -0.05) is 32.5 Å². The third kappa shape index (κ3) is 5.17. The van der Waals surface area contributed by atoms with Crippen LogP contribution >= 0.6 is 23.1 Å². The van der Waals surface area contributed by atoms with Crippen molar-refractivity contribution in [3.63, 3.8) is 0 Å². The third-order valence-electron chi connectivity index (χ3n) is 5.18.